The number of Topliss-reactive ketones (excluding diaryl/α,β-unsaturated/α-hetero) is 1. The molecular formula is C34H34O12. The first-order valence-electron chi connectivity index (χ1n) is 14.9. The van der Waals surface area contributed by atoms with Gasteiger partial charge < -0.3 is 44.5 Å². The molecule has 12 heteroatoms. The van der Waals surface area contributed by atoms with Gasteiger partial charge in [0.2, 0.25) is 5.78 Å². The molecule has 12 nitrogen and oxygen atoms in total. The number of methoxy groups -OCH3 is 1. The second-order valence-electron chi connectivity index (χ2n) is 11.8. The highest BCUT2D eigenvalue weighted by Crippen LogP contribution is 2.52. The third-order valence-corrected chi connectivity index (χ3v) is 8.98. The molecule has 1 fully saturated rings. The fourth-order valence-corrected chi connectivity index (χ4v) is 6.69. The number of phenols is 2. The van der Waals surface area contributed by atoms with Crippen LogP contribution in [-0.2, 0) is 32.0 Å². The number of carbonyl (C=O) groups excluding carboxylic acids is 3. The lowest BCUT2D eigenvalue weighted by Crippen LogP contribution is -2.51. The smallest absolute Gasteiger partial charge is 0.202 e. The van der Waals surface area contributed by atoms with Gasteiger partial charge in [-0.05, 0) is 18.6 Å². The first-order chi connectivity index (χ1) is 22.0. The fourth-order valence-electron chi connectivity index (χ4n) is 6.69. The zero-order valence-electron chi connectivity index (χ0n) is 25.1. The summed E-state index contributed by atoms with van der Waals surface area (Å²) in [7, 11) is 1.33. The minimum atomic E-state index is -2.27. The molecule has 0 radical (unpaired) electrons. The van der Waals surface area contributed by atoms with Gasteiger partial charge >= 0.3 is 0 Å². The molecule has 1 heterocycles. The third-order valence-electron chi connectivity index (χ3n) is 8.98. The molecule has 0 amide bonds. The summed E-state index contributed by atoms with van der Waals surface area (Å²) in [4.78, 5) is 40.2. The molecule has 0 unspecified atom stereocenters. The molecule has 0 aromatic heterocycles. The van der Waals surface area contributed by atoms with Crippen LogP contribution in [0.25, 0.3) is 0 Å². The Balaban J connectivity index is 1.36. The number of ether oxygens (including phenoxy) is 4. The van der Waals surface area contributed by atoms with E-state index in [0.717, 1.165) is 5.56 Å². The van der Waals surface area contributed by atoms with Crippen molar-refractivity contribution in [1.29, 1.82) is 0 Å². The first-order valence-corrected chi connectivity index (χ1v) is 14.9. The van der Waals surface area contributed by atoms with E-state index in [4.69, 9.17) is 18.9 Å². The van der Waals surface area contributed by atoms with E-state index in [-0.39, 0.29) is 41.0 Å². The van der Waals surface area contributed by atoms with Gasteiger partial charge in [-0.2, -0.15) is 0 Å². The highest BCUT2D eigenvalue weighted by molar-refractivity contribution is 6.31. The van der Waals surface area contributed by atoms with Crippen LogP contribution >= 0.6 is 0 Å². The summed E-state index contributed by atoms with van der Waals surface area (Å²) in [6.07, 6.45) is -6.13. The van der Waals surface area contributed by atoms with Crippen molar-refractivity contribution in [2.45, 2.75) is 69.1 Å². The van der Waals surface area contributed by atoms with Gasteiger partial charge in [0.05, 0.1) is 48.7 Å². The molecule has 6 rings (SSSR count). The molecule has 5 N–H and O–H groups in total. The van der Waals surface area contributed by atoms with Gasteiger partial charge in [0.15, 0.2) is 17.9 Å². The monoisotopic (exact) mass is 634 g/mol. The van der Waals surface area contributed by atoms with Crippen molar-refractivity contribution >= 4 is 17.3 Å². The van der Waals surface area contributed by atoms with Crippen LogP contribution in [0.4, 0.5) is 0 Å². The average Bonchev–Trinajstić information content (AvgIpc) is 3.04. The van der Waals surface area contributed by atoms with Crippen molar-refractivity contribution in [3.8, 4) is 17.2 Å². The number of aliphatic hydroxyl groups is 3. The van der Waals surface area contributed by atoms with Gasteiger partial charge in [0.1, 0.15) is 35.6 Å². The highest BCUT2D eigenvalue weighted by Gasteiger charge is 2.50. The molecular weight excluding hydrogens is 600 g/mol. The summed E-state index contributed by atoms with van der Waals surface area (Å²) < 4.78 is 23.4. The van der Waals surface area contributed by atoms with Crippen LogP contribution in [0.3, 0.4) is 0 Å². The van der Waals surface area contributed by atoms with E-state index < -0.39 is 95.7 Å². The summed E-state index contributed by atoms with van der Waals surface area (Å²) >= 11 is 0. The fraction of sp³-hybridized carbons (Fsp3) is 0.382. The Hall–Kier alpha value is -4.17. The van der Waals surface area contributed by atoms with Crippen molar-refractivity contribution in [3.05, 3.63) is 87.5 Å². The van der Waals surface area contributed by atoms with Crippen LogP contribution in [0.1, 0.15) is 74.4 Å². The number of ketones is 3. The van der Waals surface area contributed by atoms with Crippen molar-refractivity contribution in [1.82, 2.24) is 0 Å². The van der Waals surface area contributed by atoms with Crippen LogP contribution in [0.2, 0.25) is 0 Å². The van der Waals surface area contributed by atoms with Gasteiger partial charge in [-0.15, -0.1) is 0 Å². The molecule has 46 heavy (non-hydrogen) atoms. The molecule has 1 aliphatic heterocycles. The number of hydrogen-bond donors (Lipinski definition) is 5. The maximum Gasteiger partial charge on any atom is 0.202 e. The summed E-state index contributed by atoms with van der Waals surface area (Å²) in [6.45, 7) is 0.883. The molecule has 0 bridgehead atoms. The molecule has 3 aromatic rings. The van der Waals surface area contributed by atoms with E-state index in [1.165, 1.54) is 25.3 Å². The second-order valence-corrected chi connectivity index (χ2v) is 11.8. The number of aliphatic hydroxyl groups excluding tert-OH is 2. The topological polar surface area (TPSA) is 189 Å². The number of fused-ring (bicyclic) bond motifs is 3. The summed E-state index contributed by atoms with van der Waals surface area (Å²) in [5.74, 6) is -3.81. The minimum absolute atomic E-state index is 0.0561. The Morgan fingerprint density at radius 2 is 1.72 bits per heavy atom. The Bertz CT molecular complexity index is 1690. The zero-order chi connectivity index (χ0) is 32.9. The molecule has 2 aliphatic carbocycles. The quantitative estimate of drug-likeness (QED) is 0.178. The number of carbonyl (C=O) groups is 3. The second kappa shape index (κ2) is 12.2. The van der Waals surface area contributed by atoms with E-state index in [0.29, 0.717) is 0 Å². The SMILES string of the molecule is COc1cccc2c1C(=O)c1c(O)c3c(c(O)c1C2=O)C[C@@](O)(C(=O)CO)C[C@@H]3O[C@H]1C[C@H](O)[C@H](OCc2ccccc2)[C@H](C)O1. The van der Waals surface area contributed by atoms with Crippen molar-refractivity contribution < 1.29 is 58.9 Å². The molecule has 0 saturated carbocycles. The van der Waals surface area contributed by atoms with Gasteiger partial charge in [-0.3, -0.25) is 14.4 Å². The molecule has 1 saturated heterocycles. The van der Waals surface area contributed by atoms with Gasteiger partial charge in [0.25, 0.3) is 0 Å². The Kier molecular flexibility index (Phi) is 8.44. The molecule has 0 spiro atoms. The predicted octanol–water partition coefficient (Wildman–Crippen LogP) is 2.26. The lowest BCUT2D eigenvalue weighted by atomic mass is 9.72. The zero-order valence-corrected chi connectivity index (χ0v) is 25.1. The highest BCUT2D eigenvalue weighted by atomic mass is 16.7. The lowest BCUT2D eigenvalue weighted by molar-refractivity contribution is -0.274. The first kappa shape index (κ1) is 31.8. The Morgan fingerprint density at radius 1 is 1.00 bits per heavy atom. The van der Waals surface area contributed by atoms with Crippen molar-refractivity contribution in [2.75, 3.05) is 13.7 Å². The Morgan fingerprint density at radius 3 is 2.39 bits per heavy atom. The summed E-state index contributed by atoms with van der Waals surface area (Å²) in [5, 5.41) is 55.2. The number of benzene rings is 3. The maximum absolute atomic E-state index is 13.8. The Labute approximate surface area is 263 Å². The van der Waals surface area contributed by atoms with Gasteiger partial charge in [0, 0.05) is 36.0 Å². The number of phenolic OH excluding ortho intramolecular Hbond substituents is 2. The summed E-state index contributed by atoms with van der Waals surface area (Å²) in [6, 6.07) is 13.8. The van der Waals surface area contributed by atoms with Crippen LogP contribution in [0.15, 0.2) is 48.5 Å². The molecule has 3 aliphatic rings. The van der Waals surface area contributed by atoms with E-state index in [1.807, 2.05) is 30.3 Å². The van der Waals surface area contributed by atoms with Gasteiger partial charge in [-0.25, -0.2) is 0 Å². The van der Waals surface area contributed by atoms with E-state index >= 15 is 0 Å². The van der Waals surface area contributed by atoms with E-state index in [9.17, 15) is 39.9 Å². The average molecular weight is 635 g/mol. The standard InChI is InChI=1S/C34H34O12/c1-16-33(44-15-17-7-4-3-5-8-17)20(36)11-24(45-16)46-22-13-34(42,23(37)14-35)12-19-26(22)32(41)28-27(30(19)39)29(38)18-9-6-10-21(43-2)25(18)31(28)40/h3-10,16,20,22,24,33,35-36,39,41-42H,11-15H2,1-2H3/t16-,20-,22-,24-,33+,34-/m0/s1. The van der Waals surface area contributed by atoms with Crippen LogP contribution in [0.5, 0.6) is 17.2 Å². The molecule has 6 atom stereocenters. The normalized spacial score (nSPS) is 27.0. The maximum atomic E-state index is 13.8. The van der Waals surface area contributed by atoms with Crippen LogP contribution in [-0.4, -0.2) is 86.8 Å². The van der Waals surface area contributed by atoms with E-state index in [2.05, 4.69) is 0 Å². The third kappa shape index (κ3) is 5.26. The number of aromatic hydroxyl groups is 2. The largest absolute Gasteiger partial charge is 0.507 e. The number of hydrogen-bond acceptors (Lipinski definition) is 12. The lowest BCUT2D eigenvalue weighted by Gasteiger charge is -2.42. The minimum Gasteiger partial charge on any atom is -0.507 e. The number of rotatable bonds is 8. The van der Waals surface area contributed by atoms with Crippen molar-refractivity contribution in [2.24, 2.45) is 0 Å². The molecule has 3 aromatic carbocycles. The van der Waals surface area contributed by atoms with Gasteiger partial charge in [-0.1, -0.05) is 42.5 Å². The summed E-state index contributed by atoms with van der Waals surface area (Å²) in [5.41, 5.74) is -2.80. The predicted molar refractivity (Wildman–Crippen MR) is 159 cm³/mol. The van der Waals surface area contributed by atoms with Crippen LogP contribution in [0, 0.1) is 0 Å². The van der Waals surface area contributed by atoms with E-state index in [1.54, 1.807) is 6.92 Å². The van der Waals surface area contributed by atoms with Crippen LogP contribution < -0.4 is 4.74 Å². The van der Waals surface area contributed by atoms with Crippen molar-refractivity contribution in [3.63, 3.8) is 0 Å². The molecule has 242 valence electrons.